The van der Waals surface area contributed by atoms with Crippen LogP contribution in [0.4, 0.5) is 23.2 Å². The Kier molecular flexibility index (Phi) is 5.46. The van der Waals surface area contributed by atoms with Gasteiger partial charge in [0.1, 0.15) is 5.56 Å². The first-order valence-corrected chi connectivity index (χ1v) is 6.94. The van der Waals surface area contributed by atoms with E-state index >= 15 is 0 Å². The van der Waals surface area contributed by atoms with E-state index < -0.39 is 34.7 Å². The zero-order chi connectivity index (χ0) is 16.6. The van der Waals surface area contributed by atoms with Crippen LogP contribution in [0, 0.1) is 23.3 Å². The highest BCUT2D eigenvalue weighted by Crippen LogP contribution is 2.23. The van der Waals surface area contributed by atoms with Gasteiger partial charge in [-0.3, -0.25) is 4.79 Å². The average molecular weight is 361 g/mol. The van der Waals surface area contributed by atoms with Gasteiger partial charge in [0.05, 0.1) is 0 Å². The molecule has 1 amide bonds. The van der Waals surface area contributed by atoms with Crippen LogP contribution in [0.25, 0.3) is 0 Å². The van der Waals surface area contributed by atoms with Gasteiger partial charge in [0, 0.05) is 18.3 Å². The Hall–Kier alpha value is -2.12. The molecule has 0 fully saturated rings. The van der Waals surface area contributed by atoms with Crippen molar-refractivity contribution >= 4 is 24.0 Å². The highest BCUT2D eigenvalue weighted by molar-refractivity contribution is 6.04. The maximum absolute atomic E-state index is 13.6. The minimum absolute atomic E-state index is 0. The molecule has 3 rings (SSSR count). The van der Waals surface area contributed by atoms with Gasteiger partial charge < -0.3 is 10.6 Å². The van der Waals surface area contributed by atoms with Crippen molar-refractivity contribution in [1.82, 2.24) is 5.32 Å². The van der Waals surface area contributed by atoms with E-state index in [0.717, 1.165) is 24.1 Å². The number of nitrogens with one attached hydrogen (secondary N) is 2. The van der Waals surface area contributed by atoms with Gasteiger partial charge in [0.15, 0.2) is 23.3 Å². The highest BCUT2D eigenvalue weighted by Gasteiger charge is 2.25. The first-order chi connectivity index (χ1) is 11.0. The molecule has 0 radical (unpaired) electrons. The molecule has 0 spiro atoms. The van der Waals surface area contributed by atoms with Crippen LogP contribution in [0.2, 0.25) is 0 Å². The first-order valence-electron chi connectivity index (χ1n) is 6.94. The number of benzene rings is 2. The summed E-state index contributed by atoms with van der Waals surface area (Å²) < 4.78 is 53.6. The van der Waals surface area contributed by atoms with Crippen molar-refractivity contribution in [2.75, 3.05) is 11.9 Å². The molecule has 128 valence electrons. The van der Waals surface area contributed by atoms with Crippen molar-refractivity contribution in [1.29, 1.82) is 0 Å². The van der Waals surface area contributed by atoms with E-state index in [4.69, 9.17) is 0 Å². The maximum Gasteiger partial charge on any atom is 0.261 e. The first kappa shape index (κ1) is 18.2. The molecule has 8 heteroatoms. The maximum atomic E-state index is 13.6. The second kappa shape index (κ2) is 7.19. The summed E-state index contributed by atoms with van der Waals surface area (Å²) >= 11 is 0. The smallest absolute Gasteiger partial charge is 0.261 e. The van der Waals surface area contributed by atoms with Crippen molar-refractivity contribution in [2.24, 2.45) is 0 Å². The van der Waals surface area contributed by atoms with E-state index in [-0.39, 0.29) is 18.5 Å². The van der Waals surface area contributed by atoms with Crippen molar-refractivity contribution in [3.63, 3.8) is 0 Å². The number of fused-ring (bicyclic) bond motifs is 1. The minimum atomic E-state index is -1.72. The minimum Gasteiger partial charge on any atom is -0.322 e. The van der Waals surface area contributed by atoms with Crippen molar-refractivity contribution in [2.45, 2.75) is 13.0 Å². The molecule has 0 saturated carbocycles. The molecule has 3 nitrogen and oxygen atoms in total. The largest absolute Gasteiger partial charge is 0.322 e. The molecule has 2 aromatic rings. The number of rotatable bonds is 2. The van der Waals surface area contributed by atoms with Gasteiger partial charge >= 0.3 is 0 Å². The predicted octanol–water partition coefficient (Wildman–Crippen LogP) is 3.56. The van der Waals surface area contributed by atoms with E-state index in [9.17, 15) is 22.4 Å². The Balaban J connectivity index is 0.00000208. The Labute approximate surface area is 141 Å². The average Bonchev–Trinajstić information content (AvgIpc) is 2.53. The molecule has 0 saturated heterocycles. The van der Waals surface area contributed by atoms with Crippen LogP contribution in [-0.2, 0) is 13.0 Å². The number of halogens is 5. The number of amides is 1. The fraction of sp³-hybridized carbons (Fsp3) is 0.188. The van der Waals surface area contributed by atoms with Gasteiger partial charge in [-0.25, -0.2) is 17.6 Å². The van der Waals surface area contributed by atoms with Crippen LogP contribution in [0.3, 0.4) is 0 Å². The molecule has 24 heavy (non-hydrogen) atoms. The molecule has 1 aliphatic rings. The molecular weight excluding hydrogens is 348 g/mol. The van der Waals surface area contributed by atoms with E-state index in [0.29, 0.717) is 12.2 Å². The summed E-state index contributed by atoms with van der Waals surface area (Å²) in [5.41, 5.74) is 1.07. The number of carbonyl (C=O) groups excluding carboxylic acids is 1. The molecule has 2 aromatic carbocycles. The Morgan fingerprint density at radius 1 is 1.00 bits per heavy atom. The molecule has 1 aliphatic heterocycles. The third-order valence-corrected chi connectivity index (χ3v) is 3.69. The fourth-order valence-corrected chi connectivity index (χ4v) is 2.52. The van der Waals surface area contributed by atoms with Crippen LogP contribution in [0.15, 0.2) is 24.3 Å². The summed E-state index contributed by atoms with van der Waals surface area (Å²) in [5.74, 6) is -7.93. The number of anilines is 1. The van der Waals surface area contributed by atoms with Crippen LogP contribution in [0.1, 0.15) is 21.5 Å². The normalized spacial score (nSPS) is 13.0. The molecule has 2 N–H and O–H groups in total. The fourth-order valence-electron chi connectivity index (χ4n) is 2.52. The number of hydrogen-bond donors (Lipinski definition) is 2. The van der Waals surface area contributed by atoms with E-state index in [1.807, 2.05) is 0 Å². The summed E-state index contributed by atoms with van der Waals surface area (Å²) in [6, 6.07) is 5.09. The third-order valence-electron chi connectivity index (χ3n) is 3.69. The lowest BCUT2D eigenvalue weighted by Gasteiger charge is -2.18. The van der Waals surface area contributed by atoms with Crippen LogP contribution in [-0.4, -0.2) is 12.5 Å². The number of hydrogen-bond acceptors (Lipinski definition) is 2. The Bertz CT molecular complexity index is 772. The van der Waals surface area contributed by atoms with Crippen LogP contribution >= 0.6 is 12.4 Å². The lowest BCUT2D eigenvalue weighted by molar-refractivity contribution is 0.101. The summed E-state index contributed by atoms with van der Waals surface area (Å²) in [7, 11) is 0. The molecule has 0 unspecified atom stereocenters. The second-order valence-electron chi connectivity index (χ2n) is 5.21. The molecule has 0 aromatic heterocycles. The zero-order valence-corrected chi connectivity index (χ0v) is 13.1. The van der Waals surface area contributed by atoms with E-state index in [1.165, 1.54) is 0 Å². The lowest BCUT2D eigenvalue weighted by atomic mass is 10.0. The summed E-state index contributed by atoms with van der Waals surface area (Å²) in [4.78, 5) is 12.0. The van der Waals surface area contributed by atoms with Gasteiger partial charge in [-0.2, -0.15) is 0 Å². The van der Waals surface area contributed by atoms with Crippen LogP contribution < -0.4 is 10.6 Å². The monoisotopic (exact) mass is 360 g/mol. The van der Waals surface area contributed by atoms with Gasteiger partial charge in [-0.05, 0) is 36.2 Å². The van der Waals surface area contributed by atoms with Gasteiger partial charge in [-0.15, -0.1) is 12.4 Å². The standard InChI is InChI=1S/C16H12F4N2O.ClH/c17-11-6-12(18)15(20)13(14(11)19)16(23)22-10-2-1-8-3-4-21-7-9(8)5-10;/h1-2,5-6,21H,3-4,7H2,(H,22,23);1H. The topological polar surface area (TPSA) is 41.1 Å². The van der Waals surface area contributed by atoms with Crippen molar-refractivity contribution in [3.8, 4) is 0 Å². The summed E-state index contributed by atoms with van der Waals surface area (Å²) in [6.45, 7) is 1.45. The quantitative estimate of drug-likeness (QED) is 0.635. The Morgan fingerprint density at radius 2 is 1.67 bits per heavy atom. The molecule has 0 aliphatic carbocycles. The number of carbonyl (C=O) groups is 1. The summed E-state index contributed by atoms with van der Waals surface area (Å²) in [6.07, 6.45) is 0.835. The zero-order valence-electron chi connectivity index (χ0n) is 12.3. The van der Waals surface area contributed by atoms with Crippen molar-refractivity contribution in [3.05, 3.63) is 64.2 Å². The van der Waals surface area contributed by atoms with Gasteiger partial charge in [0.25, 0.3) is 5.91 Å². The Morgan fingerprint density at radius 3 is 2.33 bits per heavy atom. The molecule has 0 bridgehead atoms. The van der Waals surface area contributed by atoms with Crippen LogP contribution in [0.5, 0.6) is 0 Å². The SMILES string of the molecule is Cl.O=C(Nc1ccc2c(c1)CNCC2)c1c(F)c(F)cc(F)c1F. The summed E-state index contributed by atoms with van der Waals surface area (Å²) in [5, 5.41) is 5.42. The third kappa shape index (κ3) is 3.37. The van der Waals surface area contributed by atoms with Gasteiger partial charge in [0.2, 0.25) is 0 Å². The van der Waals surface area contributed by atoms with E-state index in [1.54, 1.807) is 18.2 Å². The highest BCUT2D eigenvalue weighted by atomic mass is 35.5. The van der Waals surface area contributed by atoms with Crippen molar-refractivity contribution < 1.29 is 22.4 Å². The molecule has 0 atom stereocenters. The predicted molar refractivity (Wildman–Crippen MR) is 83.3 cm³/mol. The van der Waals surface area contributed by atoms with Gasteiger partial charge in [-0.1, -0.05) is 6.07 Å². The molecular formula is C16H13ClF4N2O. The lowest BCUT2D eigenvalue weighted by Crippen LogP contribution is -2.24. The molecule has 1 heterocycles. The van der Waals surface area contributed by atoms with E-state index in [2.05, 4.69) is 10.6 Å². The second-order valence-corrected chi connectivity index (χ2v) is 5.21.